The van der Waals surface area contributed by atoms with E-state index in [4.69, 9.17) is 5.73 Å². The number of carbonyl (C=O) groups is 5. The van der Waals surface area contributed by atoms with E-state index in [0.29, 0.717) is 18.9 Å². The Hall–Kier alpha value is -2.45. The molecule has 3 saturated carbocycles. The summed E-state index contributed by atoms with van der Waals surface area (Å²) in [6.07, 6.45) is 6.72. The predicted molar refractivity (Wildman–Crippen MR) is 161 cm³/mol. The number of Topliss-reactive ketones (excluding diaryl/α,β-unsaturated/α-hetero) is 2. The van der Waals surface area contributed by atoms with Crippen LogP contribution in [-0.4, -0.2) is 58.5 Å². The maximum atomic E-state index is 14.5. The number of fused-ring (bicyclic) bond motifs is 1. The van der Waals surface area contributed by atoms with Gasteiger partial charge < -0.3 is 21.3 Å². The van der Waals surface area contributed by atoms with Crippen LogP contribution in [-0.2, 0) is 19.2 Å². The monoisotopic (exact) mass is 586 g/mol. The number of primary amides is 1. The van der Waals surface area contributed by atoms with Crippen molar-refractivity contribution in [2.75, 3.05) is 6.54 Å². The van der Waals surface area contributed by atoms with Gasteiger partial charge in [-0.15, -0.1) is 0 Å². The van der Waals surface area contributed by atoms with Gasteiger partial charge in [0.2, 0.25) is 11.7 Å². The molecule has 5 atom stereocenters. The molecular weight excluding hydrogens is 532 g/mol. The van der Waals surface area contributed by atoms with Crippen LogP contribution in [0.4, 0.5) is 4.79 Å². The summed E-state index contributed by atoms with van der Waals surface area (Å²) in [6, 6.07) is -2.04. The SMILES string of the molecule is C[C@@H]1[C@@H](C(=O)CC(CC2CCC2)C(=O)C(N)=O)N(C(=O)[C@@H](NC(=O)NC(C)(C)C)C(C)(C)C)C[C@@]12C(C)(C)C21CCC1. The quantitative estimate of drug-likeness (QED) is 0.345. The highest BCUT2D eigenvalue weighted by Gasteiger charge is 2.87. The number of ketones is 2. The van der Waals surface area contributed by atoms with Crippen LogP contribution in [0.3, 0.4) is 0 Å². The van der Waals surface area contributed by atoms with Gasteiger partial charge in [0.25, 0.3) is 5.91 Å². The van der Waals surface area contributed by atoms with Gasteiger partial charge in [-0.05, 0) is 68.1 Å². The normalized spacial score (nSPS) is 29.3. The molecule has 1 unspecified atom stereocenters. The molecule has 4 amide bonds. The number of nitrogens with one attached hydrogen (secondary N) is 2. The van der Waals surface area contributed by atoms with Gasteiger partial charge in [0, 0.05) is 29.8 Å². The Balaban J connectivity index is 1.68. The minimum Gasteiger partial charge on any atom is -0.363 e. The number of urea groups is 1. The van der Waals surface area contributed by atoms with Crippen molar-refractivity contribution in [1.82, 2.24) is 15.5 Å². The van der Waals surface area contributed by atoms with Gasteiger partial charge in [0.1, 0.15) is 6.04 Å². The van der Waals surface area contributed by atoms with E-state index in [-0.39, 0.29) is 40.3 Å². The summed E-state index contributed by atoms with van der Waals surface area (Å²) in [5, 5.41) is 5.82. The minimum absolute atomic E-state index is 0.0477. The molecule has 0 bridgehead atoms. The van der Waals surface area contributed by atoms with E-state index in [2.05, 4.69) is 31.4 Å². The van der Waals surface area contributed by atoms with Gasteiger partial charge in [-0.1, -0.05) is 67.2 Å². The lowest BCUT2D eigenvalue weighted by Gasteiger charge is -2.37. The van der Waals surface area contributed by atoms with Gasteiger partial charge in [-0.2, -0.15) is 0 Å². The zero-order valence-electron chi connectivity index (χ0n) is 27.3. The van der Waals surface area contributed by atoms with E-state index >= 15 is 0 Å². The molecule has 1 heterocycles. The van der Waals surface area contributed by atoms with Crippen molar-refractivity contribution < 1.29 is 24.0 Å². The first-order chi connectivity index (χ1) is 19.2. The molecule has 0 aromatic carbocycles. The van der Waals surface area contributed by atoms with Crippen LogP contribution >= 0.6 is 0 Å². The molecule has 4 aliphatic rings. The minimum atomic E-state index is -1.00. The van der Waals surface area contributed by atoms with Crippen molar-refractivity contribution >= 4 is 29.4 Å². The molecule has 236 valence electrons. The maximum Gasteiger partial charge on any atom is 0.315 e. The summed E-state index contributed by atoms with van der Waals surface area (Å²) in [6.45, 7) is 18.4. The Morgan fingerprint density at radius 2 is 1.57 bits per heavy atom. The van der Waals surface area contributed by atoms with E-state index in [1.54, 1.807) is 4.90 Å². The lowest BCUT2D eigenvalue weighted by atomic mass is 9.70. The highest BCUT2D eigenvalue weighted by Crippen LogP contribution is 2.89. The molecule has 0 radical (unpaired) electrons. The topological polar surface area (TPSA) is 139 Å². The molecular formula is C33H54N4O5. The zero-order valence-corrected chi connectivity index (χ0v) is 27.3. The largest absolute Gasteiger partial charge is 0.363 e. The number of nitrogens with two attached hydrogens (primary N) is 1. The molecule has 3 aliphatic carbocycles. The fourth-order valence-corrected chi connectivity index (χ4v) is 9.17. The Labute approximate surface area is 251 Å². The van der Waals surface area contributed by atoms with Gasteiger partial charge in [0.15, 0.2) is 5.78 Å². The van der Waals surface area contributed by atoms with Crippen LogP contribution in [0.25, 0.3) is 0 Å². The molecule has 4 rings (SSSR count). The lowest BCUT2D eigenvalue weighted by Crippen LogP contribution is -2.60. The fourth-order valence-electron chi connectivity index (χ4n) is 9.17. The summed E-state index contributed by atoms with van der Waals surface area (Å²) in [4.78, 5) is 68.4. The Morgan fingerprint density at radius 1 is 0.976 bits per heavy atom. The van der Waals surface area contributed by atoms with Gasteiger partial charge >= 0.3 is 6.03 Å². The average molecular weight is 587 g/mol. The Kier molecular flexibility index (Phi) is 8.21. The molecule has 9 nitrogen and oxygen atoms in total. The van der Waals surface area contributed by atoms with Crippen LogP contribution in [0.1, 0.15) is 114 Å². The van der Waals surface area contributed by atoms with Crippen molar-refractivity contribution in [3.63, 3.8) is 0 Å². The van der Waals surface area contributed by atoms with Crippen LogP contribution in [0.5, 0.6) is 0 Å². The summed E-state index contributed by atoms with van der Waals surface area (Å²) >= 11 is 0. The van der Waals surface area contributed by atoms with Crippen LogP contribution in [0, 0.1) is 39.4 Å². The van der Waals surface area contributed by atoms with E-state index in [1.807, 2.05) is 41.5 Å². The average Bonchev–Trinajstić information content (AvgIpc) is 3.05. The molecule has 4 fully saturated rings. The van der Waals surface area contributed by atoms with E-state index in [9.17, 15) is 24.0 Å². The molecule has 1 aliphatic heterocycles. The smallest absolute Gasteiger partial charge is 0.315 e. The van der Waals surface area contributed by atoms with Crippen molar-refractivity contribution in [3.05, 3.63) is 0 Å². The summed E-state index contributed by atoms with van der Waals surface area (Å²) in [7, 11) is 0. The van der Waals surface area contributed by atoms with E-state index < -0.39 is 46.7 Å². The number of carbonyl (C=O) groups excluding carboxylic acids is 5. The summed E-state index contributed by atoms with van der Waals surface area (Å²) < 4.78 is 0. The third-order valence-corrected chi connectivity index (χ3v) is 11.7. The van der Waals surface area contributed by atoms with Crippen LogP contribution in [0.2, 0.25) is 0 Å². The van der Waals surface area contributed by atoms with Crippen LogP contribution < -0.4 is 16.4 Å². The number of hydrogen-bond acceptors (Lipinski definition) is 5. The standard InChI is InChI=1S/C33H54N4O5/c1-19-23(22(38)17-21(24(39)26(34)40)16-20-12-10-13-20)37(18-33(19)31(8,9)32(33)14-11-15-32)27(41)25(29(2,3)4)35-28(42)36-30(5,6)7/h19-21,23,25H,10-18H2,1-9H3,(H2,34,40)(H2,35,36,42)/t19-,21?,23+,25-,33+/m1/s1. The second kappa shape index (κ2) is 10.6. The third kappa shape index (κ3) is 5.17. The van der Waals surface area contributed by atoms with Gasteiger partial charge in [0.05, 0.1) is 6.04 Å². The second-order valence-corrected chi connectivity index (χ2v) is 16.5. The van der Waals surface area contributed by atoms with Gasteiger partial charge in [-0.3, -0.25) is 19.2 Å². The highest BCUT2D eigenvalue weighted by molar-refractivity contribution is 6.36. The Bertz CT molecular complexity index is 1140. The van der Waals surface area contributed by atoms with Crippen molar-refractivity contribution in [1.29, 1.82) is 0 Å². The molecule has 4 N–H and O–H groups in total. The van der Waals surface area contributed by atoms with Crippen molar-refractivity contribution in [2.24, 2.45) is 45.1 Å². The van der Waals surface area contributed by atoms with Crippen molar-refractivity contribution in [3.8, 4) is 0 Å². The fraction of sp³-hybridized carbons (Fsp3) is 0.848. The van der Waals surface area contributed by atoms with E-state index in [1.165, 1.54) is 0 Å². The third-order valence-electron chi connectivity index (χ3n) is 11.7. The molecule has 1 saturated heterocycles. The maximum absolute atomic E-state index is 14.5. The summed E-state index contributed by atoms with van der Waals surface area (Å²) in [5.74, 6) is -2.73. The number of hydrogen-bond donors (Lipinski definition) is 3. The molecule has 2 spiro atoms. The molecule has 0 aromatic rings. The Morgan fingerprint density at radius 3 is 1.98 bits per heavy atom. The van der Waals surface area contributed by atoms with Crippen LogP contribution in [0.15, 0.2) is 0 Å². The predicted octanol–water partition coefficient (Wildman–Crippen LogP) is 4.36. The number of rotatable bonds is 9. The molecule has 9 heteroatoms. The first-order valence-electron chi connectivity index (χ1n) is 16.0. The number of amides is 4. The first-order valence-corrected chi connectivity index (χ1v) is 16.0. The lowest BCUT2D eigenvalue weighted by molar-refractivity contribution is -0.144. The van der Waals surface area contributed by atoms with Gasteiger partial charge in [-0.25, -0.2) is 4.79 Å². The number of nitrogens with zero attached hydrogens (tertiary/aromatic N) is 1. The zero-order chi connectivity index (χ0) is 31.6. The second-order valence-electron chi connectivity index (χ2n) is 16.5. The first kappa shape index (κ1) is 32.5. The van der Waals surface area contributed by atoms with Crippen molar-refractivity contribution in [2.45, 2.75) is 131 Å². The summed E-state index contributed by atoms with van der Waals surface area (Å²) in [5.41, 5.74) is 4.12. The highest BCUT2D eigenvalue weighted by atomic mass is 16.2. The molecule has 0 aromatic heterocycles. The molecule has 42 heavy (non-hydrogen) atoms. The van der Waals surface area contributed by atoms with E-state index in [0.717, 1.165) is 38.5 Å². The number of likely N-dealkylation sites (tertiary alicyclic amines) is 1.